The summed E-state index contributed by atoms with van der Waals surface area (Å²) in [4.78, 5) is 51.1. The number of carbonyl (C=O) groups is 4. The second-order valence-electron chi connectivity index (χ2n) is 13.0. The lowest BCUT2D eigenvalue weighted by molar-refractivity contribution is -0.214. The van der Waals surface area contributed by atoms with E-state index in [1.165, 1.54) is 21.0 Å². The van der Waals surface area contributed by atoms with E-state index in [1.807, 2.05) is 0 Å². The molecule has 0 N–H and O–H groups in total. The molecule has 214 valence electrons. The quantitative estimate of drug-likeness (QED) is 0.162. The first-order valence-corrected chi connectivity index (χ1v) is 15.6. The molecule has 4 aliphatic rings. The van der Waals surface area contributed by atoms with Crippen LogP contribution in [-0.4, -0.2) is 46.9 Å². The van der Waals surface area contributed by atoms with Crippen molar-refractivity contribution < 1.29 is 33.4 Å². The Morgan fingerprint density at radius 1 is 1.05 bits per heavy atom. The number of fused-ring (bicyclic) bond motifs is 5. The van der Waals surface area contributed by atoms with E-state index in [0.717, 1.165) is 32.1 Å². The molecule has 0 radical (unpaired) electrons. The first-order valence-electron chi connectivity index (χ1n) is 14.4. The van der Waals surface area contributed by atoms with Gasteiger partial charge in [0.05, 0.1) is 11.0 Å². The van der Waals surface area contributed by atoms with Crippen LogP contribution < -0.4 is 0 Å². The fraction of sp³-hybridized carbons (Fsp3) is 0.867. The molecule has 4 aliphatic carbocycles. The number of hydrogen-bond acceptors (Lipinski definition) is 7. The number of methoxy groups -OCH3 is 1. The van der Waals surface area contributed by atoms with Crippen LogP contribution in [0.2, 0.25) is 0 Å². The third kappa shape index (κ3) is 4.72. The maximum atomic E-state index is 14.6. The van der Waals surface area contributed by atoms with E-state index < -0.39 is 0 Å². The number of rotatable bonds is 6. The van der Waals surface area contributed by atoms with Gasteiger partial charge in [0.1, 0.15) is 18.0 Å². The predicted octanol–water partition coefficient (Wildman–Crippen LogP) is 5.55. The molecule has 0 aromatic heterocycles. The molecular formula is C30H45IO7. The molecule has 7 nitrogen and oxygen atoms in total. The van der Waals surface area contributed by atoms with E-state index in [1.54, 1.807) is 0 Å². The lowest BCUT2D eigenvalue weighted by Gasteiger charge is -2.65. The Hall–Kier alpha value is -1.19. The molecule has 8 heteroatoms. The molecule has 4 fully saturated rings. The second kappa shape index (κ2) is 11.0. The SMILES string of the molecule is CC[C@H]1[C@@H](OC(C)=O)C2C3CC[C@H]([C@H](C)CC(=O)OC)[C@@]3(C)[C@@H](I)C(=O)C2[C@@]2(C)CC[C@@H](OC(C)=O)C[C@@H]12. The van der Waals surface area contributed by atoms with E-state index in [4.69, 9.17) is 14.2 Å². The normalized spacial score (nSPS) is 44.7. The van der Waals surface area contributed by atoms with E-state index >= 15 is 0 Å². The zero-order chi connectivity index (χ0) is 28.2. The molecule has 0 saturated heterocycles. The fourth-order valence-corrected chi connectivity index (χ4v) is 11.1. The van der Waals surface area contributed by atoms with Gasteiger partial charge in [0.2, 0.25) is 0 Å². The van der Waals surface area contributed by atoms with Crippen molar-refractivity contribution in [1.29, 1.82) is 0 Å². The summed E-state index contributed by atoms with van der Waals surface area (Å²) in [5, 5.41) is 0. The van der Waals surface area contributed by atoms with Crippen LogP contribution in [0.5, 0.6) is 0 Å². The van der Waals surface area contributed by atoms with Crippen LogP contribution in [0.4, 0.5) is 0 Å². The van der Waals surface area contributed by atoms with Gasteiger partial charge in [-0.1, -0.05) is 50.3 Å². The van der Waals surface area contributed by atoms with Crippen LogP contribution in [0.3, 0.4) is 0 Å². The van der Waals surface area contributed by atoms with Crippen molar-refractivity contribution >= 4 is 46.3 Å². The topological polar surface area (TPSA) is 96.0 Å². The number of hydrogen-bond donors (Lipinski definition) is 0. The molecule has 0 bridgehead atoms. The largest absolute Gasteiger partial charge is 0.469 e. The monoisotopic (exact) mass is 644 g/mol. The van der Waals surface area contributed by atoms with Crippen LogP contribution >= 0.6 is 22.6 Å². The van der Waals surface area contributed by atoms with Crippen molar-refractivity contribution in [3.8, 4) is 0 Å². The first kappa shape index (κ1) is 29.8. The van der Waals surface area contributed by atoms with Gasteiger partial charge < -0.3 is 14.2 Å². The highest BCUT2D eigenvalue weighted by atomic mass is 127. The van der Waals surface area contributed by atoms with Gasteiger partial charge in [-0.3, -0.25) is 19.2 Å². The lowest BCUT2D eigenvalue weighted by atomic mass is 9.41. The van der Waals surface area contributed by atoms with Crippen LogP contribution in [0.15, 0.2) is 0 Å². The Morgan fingerprint density at radius 3 is 2.29 bits per heavy atom. The number of alkyl halides is 1. The average molecular weight is 645 g/mol. The van der Waals surface area contributed by atoms with Crippen LogP contribution in [0, 0.1) is 52.3 Å². The summed E-state index contributed by atoms with van der Waals surface area (Å²) in [6.07, 6.45) is 4.87. The highest BCUT2D eigenvalue weighted by Crippen LogP contribution is 2.70. The second-order valence-corrected chi connectivity index (χ2v) is 14.2. The summed E-state index contributed by atoms with van der Waals surface area (Å²) in [6.45, 7) is 11.7. The summed E-state index contributed by atoms with van der Waals surface area (Å²) in [5.41, 5.74) is -0.530. The number of ketones is 1. The molecule has 4 saturated carbocycles. The molecule has 0 spiro atoms. The average Bonchev–Trinajstić information content (AvgIpc) is 3.20. The smallest absolute Gasteiger partial charge is 0.305 e. The minimum Gasteiger partial charge on any atom is -0.469 e. The third-order valence-corrected chi connectivity index (χ3v) is 13.2. The first-order chi connectivity index (χ1) is 17.8. The Balaban J connectivity index is 1.78. The Labute approximate surface area is 241 Å². The summed E-state index contributed by atoms with van der Waals surface area (Å²) in [5.74, 6) is -0.00864. The molecule has 0 aliphatic heterocycles. The molecule has 4 rings (SSSR count). The molecule has 3 unspecified atom stereocenters. The summed E-state index contributed by atoms with van der Waals surface area (Å²) in [6, 6.07) is 0. The summed E-state index contributed by atoms with van der Waals surface area (Å²) < 4.78 is 16.7. The molecule has 0 aromatic rings. The van der Waals surface area contributed by atoms with E-state index in [9.17, 15) is 19.2 Å². The summed E-state index contributed by atoms with van der Waals surface area (Å²) >= 11 is 2.39. The van der Waals surface area contributed by atoms with Crippen LogP contribution in [-0.2, 0) is 33.4 Å². The minimum absolute atomic E-state index is 0.0470. The number of Topliss-reactive ketones (excluding diaryl/α,β-unsaturated/α-hetero) is 1. The molecule has 38 heavy (non-hydrogen) atoms. The highest BCUT2D eigenvalue weighted by Gasteiger charge is 2.71. The number of carbonyl (C=O) groups excluding carboxylic acids is 4. The van der Waals surface area contributed by atoms with Gasteiger partial charge in [-0.2, -0.15) is 0 Å². The van der Waals surface area contributed by atoms with Crippen LogP contribution in [0.1, 0.15) is 86.5 Å². The van der Waals surface area contributed by atoms with Gasteiger partial charge in [-0.25, -0.2) is 0 Å². The van der Waals surface area contributed by atoms with Gasteiger partial charge >= 0.3 is 17.9 Å². The third-order valence-electron chi connectivity index (χ3n) is 11.2. The van der Waals surface area contributed by atoms with Crippen LogP contribution in [0.25, 0.3) is 0 Å². The van der Waals surface area contributed by atoms with Gasteiger partial charge in [0.25, 0.3) is 0 Å². The minimum atomic E-state index is -0.344. The number of ether oxygens (including phenoxy) is 3. The zero-order valence-electron chi connectivity index (χ0n) is 24.0. The maximum absolute atomic E-state index is 14.6. The maximum Gasteiger partial charge on any atom is 0.305 e. The fourth-order valence-electron chi connectivity index (χ4n) is 9.80. The van der Waals surface area contributed by atoms with Crippen molar-refractivity contribution in [2.24, 2.45) is 52.3 Å². The molecule has 0 heterocycles. The summed E-state index contributed by atoms with van der Waals surface area (Å²) in [7, 11) is 1.42. The van der Waals surface area contributed by atoms with Crippen molar-refractivity contribution in [2.45, 2.75) is 103 Å². The van der Waals surface area contributed by atoms with Gasteiger partial charge in [-0.15, -0.1) is 0 Å². The molecule has 0 amide bonds. The van der Waals surface area contributed by atoms with Crippen molar-refractivity contribution in [2.75, 3.05) is 7.11 Å². The van der Waals surface area contributed by atoms with Gasteiger partial charge in [-0.05, 0) is 78.9 Å². The van der Waals surface area contributed by atoms with Crippen molar-refractivity contribution in [3.63, 3.8) is 0 Å². The molecular weight excluding hydrogens is 599 g/mol. The highest BCUT2D eigenvalue weighted by molar-refractivity contribution is 14.1. The molecule has 12 atom stereocenters. The number of esters is 3. The zero-order valence-corrected chi connectivity index (χ0v) is 26.1. The Kier molecular flexibility index (Phi) is 8.62. The van der Waals surface area contributed by atoms with Gasteiger partial charge in [0.15, 0.2) is 0 Å². The van der Waals surface area contributed by atoms with E-state index in [0.29, 0.717) is 12.8 Å². The lowest BCUT2D eigenvalue weighted by Crippen LogP contribution is -2.68. The van der Waals surface area contributed by atoms with E-state index in [-0.39, 0.29) is 92.1 Å². The van der Waals surface area contributed by atoms with Crippen molar-refractivity contribution in [3.05, 3.63) is 0 Å². The Morgan fingerprint density at radius 2 is 1.71 bits per heavy atom. The standard InChI is InChI=1S/C30H45IO7/c1-8-19-22-14-18(37-16(3)32)11-12-29(22,5)25-24(27(19)38-17(4)33)21-10-9-20(15(2)13-23(34)36-7)30(21,6)28(31)26(25)35/h15,18-22,24-25,27-28H,8-14H2,1-7H3/t15-,18-,19-,20-,21?,22+,24?,25?,27-,28+,29+,30-/m1/s1. The molecule has 0 aromatic carbocycles. The Bertz CT molecular complexity index is 966. The van der Waals surface area contributed by atoms with E-state index in [2.05, 4.69) is 50.3 Å². The predicted molar refractivity (Wildman–Crippen MR) is 150 cm³/mol. The van der Waals surface area contributed by atoms with Crippen molar-refractivity contribution in [1.82, 2.24) is 0 Å². The van der Waals surface area contributed by atoms with Gasteiger partial charge in [0, 0.05) is 32.1 Å². The number of halogens is 1.